The number of hydrogen-bond donors (Lipinski definition) is 28. The number of ether oxygens (including phenoxy) is 14. The van der Waals surface area contributed by atoms with Crippen LogP contribution in [0.1, 0.15) is 105 Å². The third-order valence-corrected chi connectivity index (χ3v) is 21.3. The first kappa shape index (κ1) is 91.2. The maximum atomic E-state index is 15.7. The Kier molecular flexibility index (Phi) is 22.4. The Bertz CT molecular complexity index is 6630. The highest BCUT2D eigenvalue weighted by molar-refractivity contribution is 6.11. The number of aromatic hydroxyl groups is 25. The number of phenols is 25. The molecule has 5 aliphatic heterocycles. The summed E-state index contributed by atoms with van der Waals surface area (Å²) in [4.78, 5) is 163. The maximum Gasteiger partial charge on any atom is 0.342 e. The van der Waals surface area contributed by atoms with Crippen molar-refractivity contribution in [3.63, 3.8) is 0 Å². The zero-order valence-corrected chi connectivity index (χ0v) is 66.2. The minimum absolute atomic E-state index is 0.0421. The van der Waals surface area contributed by atoms with Crippen molar-refractivity contribution >= 4 is 65.5 Å². The Hall–Kier alpha value is -18.5. The number of hydrogen-bond acceptors (Lipinski definition) is 53. The number of ketones is 1. The molecule has 135 heavy (non-hydrogen) atoms. The van der Waals surface area contributed by atoms with Gasteiger partial charge >= 0.3 is 65.5 Å². The van der Waals surface area contributed by atoms with E-state index in [9.17, 15) is 172 Å². The highest BCUT2D eigenvalue weighted by Crippen LogP contribution is 2.61. The molecule has 0 amide bonds. The summed E-state index contributed by atoms with van der Waals surface area (Å²) < 4.78 is 79.7. The second-order valence-corrected chi connectivity index (χ2v) is 29.6. The number of rotatable bonds is 15. The number of phenolic OH excluding ortho intramolecular Hbond substituents is 25. The Labute approximate surface area is 741 Å². The molecule has 6 aliphatic rings. The van der Waals surface area contributed by atoms with Gasteiger partial charge in [-0.3, -0.25) is 4.79 Å². The van der Waals surface area contributed by atoms with Crippen molar-refractivity contribution in [2.24, 2.45) is 0 Å². The van der Waals surface area contributed by atoms with Gasteiger partial charge in [0.05, 0.1) is 56.0 Å². The summed E-state index contributed by atoms with van der Waals surface area (Å²) >= 11 is 0. The predicted molar refractivity (Wildman–Crippen MR) is 412 cm³/mol. The topological polar surface area (TPSA) is 883 Å². The summed E-state index contributed by atoms with van der Waals surface area (Å²) in [6, 6.07) is 4.58. The molecule has 2 fully saturated rings. The zero-order chi connectivity index (χ0) is 98.3. The first-order valence-electron chi connectivity index (χ1n) is 37.5. The summed E-state index contributed by atoms with van der Waals surface area (Å²) in [5.41, 5.74) is -16.7. The van der Waals surface area contributed by atoms with Crippen molar-refractivity contribution in [1.29, 1.82) is 0 Å². The minimum Gasteiger partial charge on any atom is -0.504 e. The molecule has 0 radical (unpaired) electrons. The Balaban J connectivity index is 0.874. The van der Waals surface area contributed by atoms with Gasteiger partial charge in [0.1, 0.15) is 31.0 Å². The molecule has 12 unspecified atom stereocenters. The molecule has 5 heterocycles. The number of carbonyl (C=O) groups excluding carboxylic acids is 11. The lowest BCUT2D eigenvalue weighted by atomic mass is 9.70. The smallest absolute Gasteiger partial charge is 0.342 e. The number of fused-ring (bicyclic) bond motifs is 4. The highest BCUT2D eigenvalue weighted by atomic mass is 16.8. The zero-order valence-electron chi connectivity index (χ0n) is 66.2. The molecule has 9 aromatic carbocycles. The highest BCUT2D eigenvalue weighted by Gasteiger charge is 2.71. The number of aliphatic hydroxyl groups is 3. The van der Waals surface area contributed by atoms with Crippen LogP contribution in [0.15, 0.2) is 96.6 Å². The number of cyclic esters (lactones) is 1. The van der Waals surface area contributed by atoms with Gasteiger partial charge in [0.25, 0.3) is 5.79 Å². The van der Waals surface area contributed by atoms with Gasteiger partial charge in [0, 0.05) is 28.8 Å². The van der Waals surface area contributed by atoms with Crippen molar-refractivity contribution in [2.75, 3.05) is 13.2 Å². The van der Waals surface area contributed by atoms with E-state index in [1.54, 1.807) is 0 Å². The van der Waals surface area contributed by atoms with Gasteiger partial charge in [0.2, 0.25) is 59.3 Å². The lowest BCUT2D eigenvalue weighted by Crippen LogP contribution is -2.70. The number of esters is 10. The molecule has 15 rings (SSSR count). The van der Waals surface area contributed by atoms with E-state index >= 15 is 24.0 Å². The number of carbonyl (C=O) groups is 11. The SMILES string of the molecule is O=C1OC2C3COC(=O)c4cc(Oc5c(C(=O)OC6C(OC(=O)c7cc(O)c(O)c(O)c7)OC(COC(=O)c7cc(O)c(O)c(O)c7)C(OC(=O)c7cc(O)c(O)c(O)c7)C6OC(=O)c6cc(O)c(O)c(O)c6)cc(O)c(O)c5O)c(O)c(O)c4-c4c(cc(O)c(O)c4O)C(=O)OC2C(OC(=O)c2cc(O)c(O)c4c2C2C1=CC(=O)C(O)(O4)C2(O)O)C(OC(=O)c1cc(O)c(O)c(O)c1)O3. The van der Waals surface area contributed by atoms with E-state index in [-0.39, 0.29) is 30.3 Å². The molecule has 53 heteroatoms. The van der Waals surface area contributed by atoms with Crippen molar-refractivity contribution in [1.82, 2.24) is 0 Å². The van der Waals surface area contributed by atoms with Crippen LogP contribution in [0.5, 0.6) is 161 Å². The largest absolute Gasteiger partial charge is 0.504 e. The summed E-state index contributed by atoms with van der Waals surface area (Å²) in [7, 11) is 0. The lowest BCUT2D eigenvalue weighted by Gasteiger charge is -2.49. The molecule has 0 saturated carbocycles. The number of benzene rings is 9. The lowest BCUT2D eigenvalue weighted by molar-refractivity contribution is -0.339. The van der Waals surface area contributed by atoms with E-state index in [0.29, 0.717) is 60.7 Å². The third-order valence-electron chi connectivity index (χ3n) is 21.3. The maximum absolute atomic E-state index is 15.7. The van der Waals surface area contributed by atoms with Crippen molar-refractivity contribution in [2.45, 2.75) is 78.9 Å². The summed E-state index contributed by atoms with van der Waals surface area (Å²) in [5, 5.41) is 307. The fourth-order valence-corrected chi connectivity index (χ4v) is 14.7. The van der Waals surface area contributed by atoms with E-state index in [1.807, 2.05) is 0 Å². The fourth-order valence-electron chi connectivity index (χ4n) is 14.7. The average molecular weight is 1890 g/mol. The van der Waals surface area contributed by atoms with Gasteiger partial charge in [-0.25, -0.2) is 47.9 Å². The molecular weight excluding hydrogens is 1830 g/mol. The predicted octanol–water partition coefficient (Wildman–Crippen LogP) is 0.985. The van der Waals surface area contributed by atoms with Crippen LogP contribution in [0.25, 0.3) is 11.1 Å². The van der Waals surface area contributed by atoms with Crippen LogP contribution in [0, 0.1) is 0 Å². The minimum atomic E-state index is -4.21. The van der Waals surface area contributed by atoms with Crippen LogP contribution in [0.2, 0.25) is 0 Å². The molecule has 1 aliphatic carbocycles. The average Bonchev–Trinajstić information content (AvgIpc) is 1.27. The quantitative estimate of drug-likeness (QED) is 0.0294. The Morgan fingerprint density at radius 3 is 1.25 bits per heavy atom. The first-order chi connectivity index (χ1) is 63.4. The van der Waals surface area contributed by atoms with E-state index in [1.165, 1.54) is 0 Å². The normalized spacial score (nSPS) is 21.8. The summed E-state index contributed by atoms with van der Waals surface area (Å²) in [6.07, 6.45) is -28.7. The van der Waals surface area contributed by atoms with Crippen LogP contribution >= 0.6 is 0 Å². The van der Waals surface area contributed by atoms with Gasteiger partial charge in [0.15, 0.2) is 157 Å². The van der Waals surface area contributed by atoms with Gasteiger partial charge in [-0.15, -0.1) is 0 Å². The van der Waals surface area contributed by atoms with Crippen molar-refractivity contribution in [3.8, 4) is 172 Å². The van der Waals surface area contributed by atoms with E-state index in [2.05, 4.69) is 0 Å². The second-order valence-electron chi connectivity index (χ2n) is 29.6. The van der Waals surface area contributed by atoms with Crippen molar-refractivity contribution in [3.05, 3.63) is 152 Å². The van der Waals surface area contributed by atoms with Gasteiger partial charge in [-0.05, 0) is 78.9 Å². The van der Waals surface area contributed by atoms with Gasteiger partial charge in [-0.2, -0.15) is 0 Å². The van der Waals surface area contributed by atoms with Crippen LogP contribution in [0.3, 0.4) is 0 Å². The van der Waals surface area contributed by atoms with E-state index in [0.717, 1.165) is 0 Å². The monoisotopic (exact) mass is 1890 g/mol. The molecule has 2 saturated heterocycles. The van der Waals surface area contributed by atoms with Crippen molar-refractivity contribution < 1.29 is 262 Å². The first-order valence-corrected chi connectivity index (χ1v) is 37.5. The van der Waals surface area contributed by atoms with Crippen LogP contribution in [-0.4, -0.2) is 295 Å². The summed E-state index contributed by atoms with van der Waals surface area (Å²) in [5.74, 6) is -74.8. The molecule has 53 nitrogen and oxygen atoms in total. The Morgan fingerprint density at radius 1 is 0.356 bits per heavy atom. The molecule has 0 spiro atoms. The van der Waals surface area contributed by atoms with E-state index in [4.69, 9.17) is 66.3 Å². The third kappa shape index (κ3) is 15.5. The molecule has 12 atom stereocenters. The summed E-state index contributed by atoms with van der Waals surface area (Å²) in [6.45, 7) is -3.29. The standard InChI is InChI=1S/C82H58O53/c83-28-1-18(2-29(84)49(28)97)69(109)122-16-42-62(127-70(110)19-3-30(85)50(98)31(86)4-19)65(129-71(111)20-5-32(87)51(99)33(88)6-20)67(79(125-42)133-72(112)21-7-34(89)52(100)35(90)8-21)132-78(118)27-13-39(94)55(103)60(108)61(27)124-41-14-25-46(59(107)57(41)105)45-23(11-38(93)54(102)58(45)106)75(115)130-66-63-43(17-123-74(25)114)126-80(134-73(113)22-9-36(91)53(101)37(92)10-22)68(66)131-76(116)24-12-40(95)56(104)64-47(24)48-26(77(117)128-63)15-44(96)82(121,135-64)81(48,119)120/h1-15,42-43,48,62-63,65-68,79-80,83-95,97-108,119-121H,16-17H2. The van der Waals surface area contributed by atoms with E-state index < -0.39 is 391 Å². The fraction of sp³-hybridized carbons (Fsp3) is 0.183. The van der Waals surface area contributed by atoms with Gasteiger partial charge in [-0.1, -0.05) is 0 Å². The molecule has 6 bridgehead atoms. The molecule has 0 aromatic heterocycles. The second kappa shape index (κ2) is 33.2. The molecular formula is C82H58O53. The molecule has 704 valence electrons. The van der Waals surface area contributed by atoms with Crippen LogP contribution in [0.4, 0.5) is 0 Å². The van der Waals surface area contributed by atoms with Gasteiger partial charge < -0.3 is 209 Å². The Morgan fingerprint density at radius 2 is 0.748 bits per heavy atom. The van der Waals surface area contributed by atoms with Crippen LogP contribution < -0.4 is 9.47 Å². The van der Waals surface area contributed by atoms with Crippen LogP contribution in [-0.2, 0) is 66.4 Å². The molecule has 28 N–H and O–H groups in total. The molecule has 9 aromatic rings.